The van der Waals surface area contributed by atoms with Gasteiger partial charge in [-0.15, -0.1) is 0 Å². The van der Waals surface area contributed by atoms with Gasteiger partial charge in [-0.1, -0.05) is 6.07 Å². The Labute approximate surface area is 122 Å². The lowest BCUT2D eigenvalue weighted by molar-refractivity contribution is 0.122. The number of imidazole rings is 1. The second-order valence-corrected chi connectivity index (χ2v) is 4.75. The van der Waals surface area contributed by atoms with E-state index in [1.807, 2.05) is 12.1 Å². The van der Waals surface area contributed by atoms with Crippen molar-refractivity contribution in [3.8, 4) is 0 Å². The van der Waals surface area contributed by atoms with Crippen molar-refractivity contribution in [2.75, 3.05) is 31.2 Å². The molecule has 1 fully saturated rings. The third kappa shape index (κ3) is 3.38. The van der Waals surface area contributed by atoms with Crippen LogP contribution in [0.25, 0.3) is 0 Å². The second kappa shape index (κ2) is 6.36. The molecule has 1 aliphatic heterocycles. The lowest BCUT2D eigenvalue weighted by atomic mass is 10.2. The van der Waals surface area contributed by atoms with Crippen LogP contribution in [0.4, 0.5) is 10.6 Å². The average molecular weight is 287 g/mol. The third-order valence-corrected chi connectivity index (χ3v) is 3.33. The third-order valence-electron chi connectivity index (χ3n) is 3.33. The van der Waals surface area contributed by atoms with Gasteiger partial charge < -0.3 is 15.0 Å². The van der Waals surface area contributed by atoms with Crippen molar-refractivity contribution in [1.29, 1.82) is 0 Å². The highest BCUT2D eigenvalue weighted by atomic mass is 16.5. The number of nitrogens with zero attached hydrogens (tertiary/aromatic N) is 4. The maximum Gasteiger partial charge on any atom is 0.327 e. The Kier molecular flexibility index (Phi) is 4.11. The molecule has 1 N–H and O–H groups in total. The van der Waals surface area contributed by atoms with Gasteiger partial charge in [0, 0.05) is 38.2 Å². The molecule has 3 rings (SSSR count). The minimum Gasteiger partial charge on any atom is -0.378 e. The Balaban J connectivity index is 1.55. The second-order valence-electron chi connectivity index (χ2n) is 4.75. The zero-order valence-corrected chi connectivity index (χ0v) is 11.6. The number of nitrogens with one attached hydrogen (secondary N) is 1. The Hall–Kier alpha value is -2.41. The van der Waals surface area contributed by atoms with Crippen LogP contribution in [-0.4, -0.2) is 46.9 Å². The fourth-order valence-corrected chi connectivity index (χ4v) is 2.15. The number of aromatic nitrogens is 3. The molecule has 0 spiro atoms. The van der Waals surface area contributed by atoms with E-state index in [0.29, 0.717) is 6.54 Å². The van der Waals surface area contributed by atoms with Crippen molar-refractivity contribution in [2.45, 2.75) is 6.54 Å². The largest absolute Gasteiger partial charge is 0.378 e. The first-order chi connectivity index (χ1) is 10.3. The quantitative estimate of drug-likeness (QED) is 0.907. The summed E-state index contributed by atoms with van der Waals surface area (Å²) in [6.45, 7) is 3.65. The molecule has 110 valence electrons. The van der Waals surface area contributed by atoms with E-state index in [4.69, 9.17) is 4.74 Å². The number of hydrogen-bond acceptors (Lipinski definition) is 5. The van der Waals surface area contributed by atoms with Crippen molar-refractivity contribution in [1.82, 2.24) is 19.9 Å². The molecule has 0 saturated carbocycles. The van der Waals surface area contributed by atoms with Gasteiger partial charge in [0.2, 0.25) is 0 Å². The zero-order valence-electron chi connectivity index (χ0n) is 11.6. The molecule has 2 aromatic rings. The number of carbonyl (C=O) groups excluding carboxylic acids is 1. The summed E-state index contributed by atoms with van der Waals surface area (Å²) in [5.74, 6) is 0.947. The van der Waals surface area contributed by atoms with Crippen molar-refractivity contribution >= 4 is 11.8 Å². The van der Waals surface area contributed by atoms with Crippen LogP contribution in [0.1, 0.15) is 5.56 Å². The first-order valence-corrected chi connectivity index (χ1v) is 6.87. The molecule has 1 aliphatic rings. The van der Waals surface area contributed by atoms with E-state index in [2.05, 4.69) is 20.2 Å². The minimum absolute atomic E-state index is 0.204. The van der Waals surface area contributed by atoms with E-state index < -0.39 is 0 Å². The van der Waals surface area contributed by atoms with E-state index in [1.54, 1.807) is 18.6 Å². The van der Waals surface area contributed by atoms with Gasteiger partial charge in [-0.05, 0) is 11.6 Å². The molecule has 21 heavy (non-hydrogen) atoms. The topological polar surface area (TPSA) is 72.3 Å². The summed E-state index contributed by atoms with van der Waals surface area (Å²) in [4.78, 5) is 22.2. The molecule has 7 heteroatoms. The number of morpholine rings is 1. The van der Waals surface area contributed by atoms with Crippen LogP contribution in [0.3, 0.4) is 0 Å². The lowest BCUT2D eigenvalue weighted by Crippen LogP contribution is -2.36. The smallest absolute Gasteiger partial charge is 0.327 e. The number of rotatable bonds is 3. The molecule has 0 bridgehead atoms. The summed E-state index contributed by atoms with van der Waals surface area (Å²) in [5.41, 5.74) is 0.959. The van der Waals surface area contributed by atoms with Crippen LogP contribution in [-0.2, 0) is 11.3 Å². The first kappa shape index (κ1) is 13.6. The van der Waals surface area contributed by atoms with Gasteiger partial charge in [0.25, 0.3) is 0 Å². The van der Waals surface area contributed by atoms with Crippen molar-refractivity contribution in [3.05, 3.63) is 42.6 Å². The number of carbonyl (C=O) groups is 1. The van der Waals surface area contributed by atoms with Crippen LogP contribution in [0.2, 0.25) is 0 Å². The van der Waals surface area contributed by atoms with E-state index in [1.165, 1.54) is 10.9 Å². The molecule has 0 aliphatic carbocycles. The van der Waals surface area contributed by atoms with E-state index in [9.17, 15) is 4.79 Å². The highest BCUT2D eigenvalue weighted by Gasteiger charge is 2.12. The summed E-state index contributed by atoms with van der Waals surface area (Å²) in [6.07, 6.45) is 6.43. The van der Waals surface area contributed by atoms with Gasteiger partial charge in [0.1, 0.15) is 12.1 Å². The molecular formula is C14H17N5O2. The molecule has 2 aromatic heterocycles. The fourth-order valence-electron chi connectivity index (χ4n) is 2.15. The van der Waals surface area contributed by atoms with E-state index in [-0.39, 0.29) is 6.03 Å². The number of anilines is 1. The molecular weight excluding hydrogens is 270 g/mol. The van der Waals surface area contributed by atoms with Crippen molar-refractivity contribution < 1.29 is 9.53 Å². The van der Waals surface area contributed by atoms with Gasteiger partial charge in [-0.25, -0.2) is 14.8 Å². The monoisotopic (exact) mass is 287 g/mol. The summed E-state index contributed by atoms with van der Waals surface area (Å²) >= 11 is 0. The van der Waals surface area contributed by atoms with E-state index in [0.717, 1.165) is 37.7 Å². The molecule has 7 nitrogen and oxygen atoms in total. The molecule has 0 aromatic carbocycles. The predicted octanol–water partition coefficient (Wildman–Crippen LogP) is 0.873. The lowest BCUT2D eigenvalue weighted by Gasteiger charge is -2.27. The Morgan fingerprint density at radius 1 is 1.33 bits per heavy atom. The van der Waals surface area contributed by atoms with Gasteiger partial charge in [-0.3, -0.25) is 4.57 Å². The van der Waals surface area contributed by atoms with Gasteiger partial charge in [-0.2, -0.15) is 0 Å². The fraction of sp³-hybridized carbons (Fsp3) is 0.357. The predicted molar refractivity (Wildman–Crippen MR) is 77.1 cm³/mol. The standard InChI is InChI=1S/C14H17N5O2/c20-14(19-4-3-15-11-19)17-10-12-1-2-13(16-9-12)18-5-7-21-8-6-18/h1-4,9,11H,5-8,10H2,(H,17,20). The van der Waals surface area contributed by atoms with Gasteiger partial charge in [0.05, 0.1) is 13.2 Å². The summed E-state index contributed by atoms with van der Waals surface area (Å²) in [7, 11) is 0. The zero-order chi connectivity index (χ0) is 14.5. The molecule has 1 saturated heterocycles. The van der Waals surface area contributed by atoms with Crippen LogP contribution in [0, 0.1) is 0 Å². The SMILES string of the molecule is O=C(NCc1ccc(N2CCOCC2)nc1)n1ccnc1. The Morgan fingerprint density at radius 3 is 2.86 bits per heavy atom. The van der Waals surface area contributed by atoms with Gasteiger partial charge >= 0.3 is 6.03 Å². The highest BCUT2D eigenvalue weighted by Crippen LogP contribution is 2.12. The first-order valence-electron chi connectivity index (χ1n) is 6.87. The van der Waals surface area contributed by atoms with Crippen LogP contribution in [0.15, 0.2) is 37.1 Å². The van der Waals surface area contributed by atoms with Crippen molar-refractivity contribution in [3.63, 3.8) is 0 Å². The molecule has 0 atom stereocenters. The number of ether oxygens (including phenoxy) is 1. The molecule has 0 unspecified atom stereocenters. The Morgan fingerprint density at radius 2 is 2.19 bits per heavy atom. The molecule has 1 amide bonds. The summed E-state index contributed by atoms with van der Waals surface area (Å²) in [5, 5.41) is 2.81. The normalized spacial score (nSPS) is 15.0. The van der Waals surface area contributed by atoms with Crippen LogP contribution in [0.5, 0.6) is 0 Å². The molecule has 0 radical (unpaired) electrons. The average Bonchev–Trinajstić information content (AvgIpc) is 3.08. The minimum atomic E-state index is -0.204. The number of amides is 1. The maximum absolute atomic E-state index is 11.8. The number of pyridine rings is 1. The van der Waals surface area contributed by atoms with Gasteiger partial charge in [0.15, 0.2) is 0 Å². The number of hydrogen-bond donors (Lipinski definition) is 1. The molecule has 3 heterocycles. The van der Waals surface area contributed by atoms with Crippen molar-refractivity contribution in [2.24, 2.45) is 0 Å². The maximum atomic E-state index is 11.8. The van der Waals surface area contributed by atoms with E-state index >= 15 is 0 Å². The van der Waals surface area contributed by atoms with Crippen LogP contribution < -0.4 is 10.2 Å². The van der Waals surface area contributed by atoms with Crippen LogP contribution >= 0.6 is 0 Å². The summed E-state index contributed by atoms with van der Waals surface area (Å²) < 4.78 is 6.72. The highest BCUT2D eigenvalue weighted by molar-refractivity contribution is 5.76. The Bertz CT molecular complexity index is 576. The summed E-state index contributed by atoms with van der Waals surface area (Å²) in [6, 6.07) is 3.75.